The summed E-state index contributed by atoms with van der Waals surface area (Å²) in [5.74, 6) is -2.59. The molecule has 1 fully saturated rings. The minimum atomic E-state index is -4.87. The van der Waals surface area contributed by atoms with Crippen LogP contribution in [0.15, 0.2) is 11.0 Å². The topological polar surface area (TPSA) is 198 Å². The van der Waals surface area contributed by atoms with Crippen molar-refractivity contribution < 1.29 is 43.0 Å². The number of aliphatic hydroxyl groups excluding tert-OH is 2. The Hall–Kier alpha value is -1.77. The quantitative estimate of drug-likeness (QED) is 0.218. The van der Waals surface area contributed by atoms with Gasteiger partial charge < -0.3 is 35.4 Å². The number of hydrogen-bond donors (Lipinski definition) is 5. The van der Waals surface area contributed by atoms with Gasteiger partial charge in [-0.2, -0.15) is 4.39 Å². The summed E-state index contributed by atoms with van der Waals surface area (Å²) in [7, 11) is -4.87. The Morgan fingerprint density at radius 2 is 1.84 bits per heavy atom. The van der Waals surface area contributed by atoms with Gasteiger partial charge >= 0.3 is 7.82 Å². The van der Waals surface area contributed by atoms with E-state index >= 15 is 0 Å². The Labute approximate surface area is 177 Å². The summed E-state index contributed by atoms with van der Waals surface area (Å²) in [5, 5.41) is 19.7. The molecule has 178 valence electrons. The number of primary amides is 1. The Morgan fingerprint density at radius 1 is 1.29 bits per heavy atom. The highest BCUT2D eigenvalue weighted by molar-refractivity contribution is 7.46. The lowest BCUT2D eigenvalue weighted by molar-refractivity contribution is -0.0542. The molecule has 1 aliphatic rings. The molecule has 0 bridgehead atoms. The van der Waals surface area contributed by atoms with Crippen LogP contribution in [0.3, 0.4) is 0 Å². The number of amides is 1. The summed E-state index contributed by atoms with van der Waals surface area (Å²) in [6.07, 6.45) is -6.06. The van der Waals surface area contributed by atoms with Crippen molar-refractivity contribution in [3.63, 3.8) is 0 Å². The molecule has 1 aliphatic heterocycles. The van der Waals surface area contributed by atoms with Crippen molar-refractivity contribution in [1.82, 2.24) is 14.5 Å². The third-order valence-corrected chi connectivity index (χ3v) is 4.98. The number of aromatic nitrogens is 2. The molecule has 1 amide bonds. The van der Waals surface area contributed by atoms with Crippen LogP contribution in [0.4, 0.5) is 4.39 Å². The van der Waals surface area contributed by atoms with Crippen LogP contribution in [0.2, 0.25) is 0 Å². The van der Waals surface area contributed by atoms with Crippen molar-refractivity contribution in [1.29, 1.82) is 0 Å². The summed E-state index contributed by atoms with van der Waals surface area (Å²) in [6, 6.07) is 0. The Kier molecular flexibility index (Phi) is 10.3. The molecule has 0 saturated carbocycles. The second-order valence-corrected chi connectivity index (χ2v) is 7.68. The lowest BCUT2D eigenvalue weighted by Gasteiger charge is -2.18. The summed E-state index contributed by atoms with van der Waals surface area (Å²) in [6.45, 7) is 9.31. The van der Waals surface area contributed by atoms with Crippen LogP contribution < -0.4 is 11.3 Å². The third kappa shape index (κ3) is 7.70. The van der Waals surface area contributed by atoms with Crippen LogP contribution in [0, 0.1) is 5.95 Å². The number of phosphoric ester groups is 1. The van der Waals surface area contributed by atoms with Crippen LogP contribution in [0.25, 0.3) is 0 Å². The first kappa shape index (κ1) is 27.3. The Bertz CT molecular complexity index is 839. The summed E-state index contributed by atoms with van der Waals surface area (Å²) in [4.78, 5) is 45.8. The van der Waals surface area contributed by atoms with Gasteiger partial charge in [-0.1, -0.05) is 20.8 Å². The summed E-state index contributed by atoms with van der Waals surface area (Å²) in [5.41, 5.74) is 2.76. The van der Waals surface area contributed by atoms with Crippen molar-refractivity contribution in [3.05, 3.63) is 28.2 Å². The first-order chi connectivity index (χ1) is 14.4. The number of aliphatic hydroxyl groups is 2. The second kappa shape index (κ2) is 11.7. The fourth-order valence-corrected chi connectivity index (χ4v) is 3.11. The van der Waals surface area contributed by atoms with E-state index in [1.807, 2.05) is 0 Å². The zero-order valence-electron chi connectivity index (χ0n) is 17.3. The van der Waals surface area contributed by atoms with Gasteiger partial charge in [0.05, 0.1) is 12.8 Å². The predicted octanol–water partition coefficient (Wildman–Crippen LogP) is -1.44. The van der Waals surface area contributed by atoms with E-state index in [1.54, 1.807) is 0 Å². The average Bonchev–Trinajstić information content (AvgIpc) is 2.97. The van der Waals surface area contributed by atoms with Crippen molar-refractivity contribution >= 4 is 13.7 Å². The smallest absolute Gasteiger partial charge is 0.387 e. The Morgan fingerprint density at radius 3 is 2.26 bits per heavy atom. The molecule has 0 spiro atoms. The first-order valence-electron chi connectivity index (χ1n) is 9.38. The maximum Gasteiger partial charge on any atom is 0.469 e. The zero-order valence-corrected chi connectivity index (χ0v) is 18.2. The maximum atomic E-state index is 13.4. The minimum Gasteiger partial charge on any atom is -0.387 e. The van der Waals surface area contributed by atoms with Gasteiger partial charge in [0.2, 0.25) is 5.95 Å². The lowest BCUT2D eigenvalue weighted by atomic mass is 10.4. The molecule has 0 aromatic carbocycles. The molecule has 0 aliphatic carbocycles. The molecule has 2 rings (SSSR count). The van der Waals surface area contributed by atoms with Crippen LogP contribution in [0.5, 0.6) is 0 Å². The number of carbonyl (C=O) groups excluding carboxylic acids is 1. The fraction of sp³-hybridized carbons (Fsp3) is 0.688. The van der Waals surface area contributed by atoms with Crippen molar-refractivity contribution in [2.45, 2.75) is 45.3 Å². The van der Waals surface area contributed by atoms with Crippen LogP contribution in [0.1, 0.15) is 37.5 Å². The number of rotatable bonds is 8. The van der Waals surface area contributed by atoms with Crippen LogP contribution >= 0.6 is 7.82 Å². The molecule has 31 heavy (non-hydrogen) atoms. The van der Waals surface area contributed by atoms with E-state index in [1.165, 1.54) is 19.6 Å². The number of carbonyl (C=O) groups is 1. The van der Waals surface area contributed by atoms with E-state index in [0.29, 0.717) is 10.8 Å². The van der Waals surface area contributed by atoms with E-state index in [4.69, 9.17) is 20.3 Å². The SMILES string of the molecule is CCN(CC)CC.NC(=O)c1nc(F)cn([13C@@H]2O[13C@H]([13CH2]OP(=O)(O)O)[13C@@H](O)[13C@H]2O)c1=O. The maximum absolute atomic E-state index is 13.4. The van der Waals surface area contributed by atoms with Crippen molar-refractivity contribution in [2.75, 3.05) is 26.2 Å². The molecular weight excluding hydrogens is 447 g/mol. The molecule has 0 unspecified atom stereocenters. The van der Waals surface area contributed by atoms with Crippen LogP contribution in [-0.2, 0) is 13.8 Å². The third-order valence-electron chi connectivity index (χ3n) is 4.49. The molecule has 4 atom stereocenters. The van der Waals surface area contributed by atoms with Gasteiger partial charge in [0, 0.05) is 0 Å². The number of ether oxygens (including phenoxy) is 1. The molecule has 1 saturated heterocycles. The molecule has 6 N–H and O–H groups in total. The van der Waals surface area contributed by atoms with E-state index in [0.717, 1.165) is 0 Å². The molecule has 1 aromatic rings. The highest BCUT2D eigenvalue weighted by Gasteiger charge is 2.45. The summed E-state index contributed by atoms with van der Waals surface area (Å²) < 4.78 is 33.8. The van der Waals surface area contributed by atoms with Crippen molar-refractivity contribution in [3.8, 4) is 0 Å². The number of hydrogen-bond acceptors (Lipinski definition) is 9. The van der Waals surface area contributed by atoms with Gasteiger partial charge in [0.15, 0.2) is 11.9 Å². The fourth-order valence-electron chi connectivity index (χ4n) is 2.77. The number of halogens is 1. The van der Waals surface area contributed by atoms with E-state index in [2.05, 4.69) is 35.2 Å². The predicted molar refractivity (Wildman–Crippen MR) is 104 cm³/mol. The minimum absolute atomic E-state index is 0.452. The molecular formula is C16H28FN4O9P. The molecule has 15 heteroatoms. The number of nitrogens with zero attached hydrogens (tertiary/aromatic N) is 3. The van der Waals surface area contributed by atoms with Crippen molar-refractivity contribution in [2.24, 2.45) is 5.73 Å². The zero-order chi connectivity index (χ0) is 23.9. The van der Waals surface area contributed by atoms with Gasteiger partial charge in [-0.15, -0.1) is 0 Å². The average molecular weight is 475 g/mol. The molecule has 2 heterocycles. The van der Waals surface area contributed by atoms with E-state index in [-0.39, 0.29) is 0 Å². The monoisotopic (exact) mass is 475 g/mol. The van der Waals surface area contributed by atoms with E-state index < -0.39 is 62.1 Å². The van der Waals surface area contributed by atoms with Gasteiger partial charge in [-0.05, 0) is 19.6 Å². The normalized spacial score (nSPS) is 23.5. The van der Waals surface area contributed by atoms with E-state index in [9.17, 15) is 28.8 Å². The van der Waals surface area contributed by atoms with Gasteiger partial charge in [0.25, 0.3) is 11.5 Å². The second-order valence-electron chi connectivity index (χ2n) is 6.44. The summed E-state index contributed by atoms with van der Waals surface area (Å²) >= 11 is 0. The largest absolute Gasteiger partial charge is 0.469 e. The van der Waals surface area contributed by atoms with Crippen LogP contribution in [-0.4, -0.2) is 84.9 Å². The number of phosphoric acid groups is 1. The highest BCUT2D eigenvalue weighted by Crippen LogP contribution is 2.38. The standard InChI is InChI=1S/C10H13FN3O9P.C6H15N/c11-4-1-14(9(18)5(13-4)8(12)17)10-7(16)6(15)3(23-10)2-22-24(19,20)21;1-4-7(5-2)6-3/h1,3,6-7,10,15-16H,2H2,(H2,12,17)(H2,19,20,21);4-6H2,1-3H3/t3-,6-,7-,10-;/m1./s1/i2+1,3+1,6+1,7+1,10+1;. The van der Waals surface area contributed by atoms with Gasteiger partial charge in [-0.25, -0.2) is 9.55 Å². The highest BCUT2D eigenvalue weighted by atomic mass is 31.2. The molecule has 13 nitrogen and oxygen atoms in total. The van der Waals surface area contributed by atoms with Gasteiger partial charge in [0.1, 0.15) is 18.3 Å². The first-order valence-corrected chi connectivity index (χ1v) is 10.9. The molecule has 1 aromatic heterocycles. The molecule has 0 radical (unpaired) electrons. The number of nitrogens with two attached hydrogens (primary N) is 1. The van der Waals surface area contributed by atoms with Gasteiger partial charge in [-0.3, -0.25) is 18.7 Å². The Balaban J connectivity index is 0.000000592. The lowest BCUT2D eigenvalue weighted by Crippen LogP contribution is -2.38.